The molecule has 36 heavy (non-hydrogen) atoms. The van der Waals surface area contributed by atoms with E-state index in [-0.39, 0.29) is 5.91 Å². The fraction of sp³-hybridized carbons (Fsp3) is 0.185. The Hall–Kier alpha value is -4.11. The number of anilines is 2. The van der Waals surface area contributed by atoms with Gasteiger partial charge < -0.3 is 15.4 Å². The minimum absolute atomic E-state index is 0.199. The molecule has 2 N–H and O–H groups in total. The molecule has 1 atom stereocenters. The molecule has 182 valence electrons. The number of nitrogens with one attached hydrogen (secondary N) is 2. The van der Waals surface area contributed by atoms with E-state index in [1.54, 1.807) is 24.2 Å². The van der Waals surface area contributed by atoms with Crippen molar-refractivity contribution in [3.63, 3.8) is 0 Å². The number of thioether (sulfide) groups is 1. The Bertz CT molecular complexity index is 1430. The van der Waals surface area contributed by atoms with Crippen LogP contribution in [-0.4, -0.2) is 32.8 Å². The van der Waals surface area contributed by atoms with E-state index in [4.69, 9.17) is 14.8 Å². The van der Waals surface area contributed by atoms with Gasteiger partial charge in [-0.3, -0.25) is 9.78 Å². The number of pyridine rings is 1. The number of aromatic nitrogens is 4. The molecule has 8 nitrogen and oxygen atoms in total. The molecule has 2 aromatic heterocycles. The van der Waals surface area contributed by atoms with Gasteiger partial charge in [-0.2, -0.15) is 4.98 Å². The molecule has 4 aromatic rings. The number of carbonyl (C=O) groups excluding carboxylic acids is 1. The van der Waals surface area contributed by atoms with Crippen LogP contribution in [-0.2, 0) is 10.5 Å². The van der Waals surface area contributed by atoms with E-state index in [0.29, 0.717) is 22.4 Å². The highest BCUT2D eigenvalue weighted by molar-refractivity contribution is 7.98. The number of rotatable bonds is 7. The quantitative estimate of drug-likeness (QED) is 0.338. The SMILES string of the molecule is COc1cccc(CSc2nc3n(n2)C(c2cccnc2)C(C(=O)Nc2ccccc2C)=C(C)N3)c1. The Morgan fingerprint density at radius 1 is 1.14 bits per heavy atom. The molecular formula is C27H26N6O2S. The summed E-state index contributed by atoms with van der Waals surface area (Å²) < 4.78 is 7.10. The van der Waals surface area contributed by atoms with Gasteiger partial charge in [0.1, 0.15) is 11.8 Å². The second-order valence-electron chi connectivity index (χ2n) is 8.42. The second-order valence-corrected chi connectivity index (χ2v) is 9.37. The van der Waals surface area contributed by atoms with Crippen molar-refractivity contribution in [2.75, 3.05) is 17.7 Å². The molecular weight excluding hydrogens is 472 g/mol. The van der Waals surface area contributed by atoms with E-state index in [1.807, 2.05) is 74.5 Å². The van der Waals surface area contributed by atoms with E-state index in [2.05, 4.69) is 15.6 Å². The summed E-state index contributed by atoms with van der Waals surface area (Å²) in [5, 5.41) is 11.8. The van der Waals surface area contributed by atoms with Crippen LogP contribution in [0.2, 0.25) is 0 Å². The average Bonchev–Trinajstić information content (AvgIpc) is 3.31. The number of ether oxygens (including phenoxy) is 1. The average molecular weight is 499 g/mol. The number of allylic oxidation sites excluding steroid dienone is 1. The molecule has 0 spiro atoms. The fourth-order valence-electron chi connectivity index (χ4n) is 4.15. The van der Waals surface area contributed by atoms with Crippen LogP contribution in [0.3, 0.4) is 0 Å². The van der Waals surface area contributed by atoms with Crippen molar-refractivity contribution in [1.29, 1.82) is 0 Å². The van der Waals surface area contributed by atoms with Crippen molar-refractivity contribution in [3.8, 4) is 5.75 Å². The summed E-state index contributed by atoms with van der Waals surface area (Å²) in [4.78, 5) is 22.6. The Morgan fingerprint density at radius 3 is 2.78 bits per heavy atom. The minimum atomic E-state index is -0.474. The molecule has 1 unspecified atom stereocenters. The van der Waals surface area contributed by atoms with Crippen molar-refractivity contribution < 1.29 is 9.53 Å². The molecule has 1 aliphatic rings. The molecule has 0 saturated heterocycles. The summed E-state index contributed by atoms with van der Waals surface area (Å²) in [5.41, 5.74) is 5.00. The zero-order valence-electron chi connectivity index (χ0n) is 20.2. The van der Waals surface area contributed by atoms with Crippen LogP contribution in [0, 0.1) is 6.92 Å². The Labute approximate surface area is 213 Å². The number of para-hydroxylation sites is 1. The molecule has 0 radical (unpaired) electrons. The molecule has 0 saturated carbocycles. The van der Waals surface area contributed by atoms with Gasteiger partial charge in [-0.25, -0.2) is 4.68 Å². The maximum atomic E-state index is 13.6. The molecule has 1 amide bonds. The van der Waals surface area contributed by atoms with Crippen molar-refractivity contribution in [2.24, 2.45) is 0 Å². The fourth-order valence-corrected chi connectivity index (χ4v) is 4.92. The van der Waals surface area contributed by atoms with E-state index in [0.717, 1.165) is 33.8 Å². The molecule has 0 fully saturated rings. The zero-order valence-corrected chi connectivity index (χ0v) is 21.0. The third-order valence-electron chi connectivity index (χ3n) is 5.97. The first-order valence-corrected chi connectivity index (χ1v) is 12.5. The molecule has 9 heteroatoms. The lowest BCUT2D eigenvalue weighted by Gasteiger charge is -2.28. The minimum Gasteiger partial charge on any atom is -0.497 e. The summed E-state index contributed by atoms with van der Waals surface area (Å²) in [6.07, 6.45) is 3.48. The van der Waals surface area contributed by atoms with Gasteiger partial charge in [0, 0.05) is 29.5 Å². The van der Waals surface area contributed by atoms with Crippen LogP contribution in [0.4, 0.5) is 11.6 Å². The van der Waals surface area contributed by atoms with Gasteiger partial charge in [0.15, 0.2) is 0 Å². The van der Waals surface area contributed by atoms with Crippen molar-refractivity contribution >= 4 is 29.3 Å². The van der Waals surface area contributed by atoms with Gasteiger partial charge in [0.05, 0.1) is 12.7 Å². The molecule has 1 aliphatic heterocycles. The van der Waals surface area contributed by atoms with Crippen LogP contribution >= 0.6 is 11.8 Å². The van der Waals surface area contributed by atoms with Gasteiger partial charge in [-0.05, 0) is 54.8 Å². The highest BCUT2D eigenvalue weighted by atomic mass is 32.2. The van der Waals surface area contributed by atoms with E-state index < -0.39 is 6.04 Å². The summed E-state index contributed by atoms with van der Waals surface area (Å²) in [6, 6.07) is 19.0. The molecule has 3 heterocycles. The Kier molecular flexibility index (Phi) is 6.73. The number of nitrogens with zero attached hydrogens (tertiary/aromatic N) is 4. The first-order chi connectivity index (χ1) is 17.5. The normalized spacial score (nSPS) is 14.7. The lowest BCUT2D eigenvalue weighted by Crippen LogP contribution is -2.31. The number of hydrogen-bond acceptors (Lipinski definition) is 7. The lowest BCUT2D eigenvalue weighted by molar-refractivity contribution is -0.113. The number of fused-ring (bicyclic) bond motifs is 1. The summed E-state index contributed by atoms with van der Waals surface area (Å²) in [5.74, 6) is 1.88. The van der Waals surface area contributed by atoms with Crippen LogP contribution < -0.4 is 15.4 Å². The Balaban J connectivity index is 1.46. The van der Waals surface area contributed by atoms with E-state index in [1.165, 1.54) is 11.8 Å². The lowest BCUT2D eigenvalue weighted by atomic mass is 9.96. The van der Waals surface area contributed by atoms with Crippen LogP contribution in [0.1, 0.15) is 29.7 Å². The topological polar surface area (TPSA) is 94.0 Å². The monoisotopic (exact) mass is 498 g/mol. The number of benzene rings is 2. The third-order valence-corrected chi connectivity index (χ3v) is 6.88. The van der Waals surface area contributed by atoms with Crippen LogP contribution in [0.15, 0.2) is 89.5 Å². The predicted octanol–water partition coefficient (Wildman–Crippen LogP) is 5.21. The van der Waals surface area contributed by atoms with Crippen LogP contribution in [0.25, 0.3) is 0 Å². The van der Waals surface area contributed by atoms with Gasteiger partial charge in [-0.1, -0.05) is 48.2 Å². The van der Waals surface area contributed by atoms with E-state index >= 15 is 0 Å². The number of aryl methyl sites for hydroxylation is 1. The number of amides is 1. The number of methoxy groups -OCH3 is 1. The predicted molar refractivity (Wildman–Crippen MR) is 141 cm³/mol. The van der Waals surface area contributed by atoms with Gasteiger partial charge >= 0.3 is 0 Å². The van der Waals surface area contributed by atoms with Crippen molar-refractivity contribution in [3.05, 3.63) is 101 Å². The number of carbonyl (C=O) groups is 1. The summed E-state index contributed by atoms with van der Waals surface area (Å²) in [7, 11) is 1.66. The molecule has 0 bridgehead atoms. The maximum Gasteiger partial charge on any atom is 0.255 e. The highest BCUT2D eigenvalue weighted by Crippen LogP contribution is 2.37. The largest absolute Gasteiger partial charge is 0.497 e. The molecule has 2 aromatic carbocycles. The van der Waals surface area contributed by atoms with Crippen molar-refractivity contribution in [1.82, 2.24) is 19.7 Å². The maximum absolute atomic E-state index is 13.6. The molecule has 5 rings (SSSR count). The van der Waals surface area contributed by atoms with Gasteiger partial charge in [-0.15, -0.1) is 5.10 Å². The highest BCUT2D eigenvalue weighted by Gasteiger charge is 2.34. The molecule has 0 aliphatic carbocycles. The standard InChI is InChI=1S/C27H26N6O2S/c1-17-8-4-5-12-22(17)30-25(34)23-18(2)29-26-31-27(36-16-19-9-6-11-21(14-19)35-3)32-33(26)24(23)20-10-7-13-28-15-20/h4-15,24H,16H2,1-3H3,(H,30,34)(H,29,31,32). The van der Waals surface area contributed by atoms with Gasteiger partial charge in [0.2, 0.25) is 11.1 Å². The zero-order chi connectivity index (χ0) is 25.1. The van der Waals surface area contributed by atoms with E-state index in [9.17, 15) is 4.79 Å². The number of hydrogen-bond donors (Lipinski definition) is 2. The Morgan fingerprint density at radius 2 is 2.00 bits per heavy atom. The first-order valence-electron chi connectivity index (χ1n) is 11.5. The first kappa shape index (κ1) is 23.6. The third kappa shape index (κ3) is 4.83. The summed E-state index contributed by atoms with van der Waals surface area (Å²) in [6.45, 7) is 3.85. The second kappa shape index (κ2) is 10.2. The summed E-state index contributed by atoms with van der Waals surface area (Å²) >= 11 is 1.53. The smallest absolute Gasteiger partial charge is 0.255 e. The van der Waals surface area contributed by atoms with Crippen molar-refractivity contribution in [2.45, 2.75) is 30.8 Å². The van der Waals surface area contributed by atoms with Gasteiger partial charge in [0.25, 0.3) is 5.91 Å². The van der Waals surface area contributed by atoms with Crippen LogP contribution in [0.5, 0.6) is 5.75 Å².